The Morgan fingerprint density at radius 2 is 0.897 bits per heavy atom. The van der Waals surface area contributed by atoms with E-state index in [1.165, 1.54) is 128 Å². The molecule has 6 heteroatoms. The standard InChI is InChI=1S/C52H95NO5/c1-4-7-10-13-16-19-22-24-25-26-27-28-29-31-34-37-40-43-48(58-52(57)45-42-39-36-33-30-23-20-17-14-11-8-5-2)46-51(56)53-49(47-54)50(55)44-41-38-35-32-21-18-15-12-9-6-3/h16,19,24-25,27-28,31,34,48-50,54-55H,4-15,17-18,20-23,26,29-30,32-33,35-47H2,1-3H3,(H,53,56)/b19-16-,25-24-,28-27-,34-31-. The van der Waals surface area contributed by atoms with Crippen molar-refractivity contribution < 1.29 is 24.5 Å². The molecule has 338 valence electrons. The third-order valence-corrected chi connectivity index (χ3v) is 11.2. The Labute approximate surface area is 359 Å². The van der Waals surface area contributed by atoms with Crippen LogP contribution in [0, 0.1) is 0 Å². The number of nitrogens with one attached hydrogen (secondary N) is 1. The van der Waals surface area contributed by atoms with Crippen LogP contribution in [-0.4, -0.2) is 46.9 Å². The van der Waals surface area contributed by atoms with Crippen LogP contribution in [0.5, 0.6) is 0 Å². The lowest BCUT2D eigenvalue weighted by molar-refractivity contribution is -0.151. The smallest absolute Gasteiger partial charge is 0.306 e. The molecular weight excluding hydrogens is 719 g/mol. The minimum absolute atomic E-state index is 0.0419. The molecule has 0 saturated heterocycles. The highest BCUT2D eigenvalue weighted by atomic mass is 16.5. The summed E-state index contributed by atoms with van der Waals surface area (Å²) in [6.07, 6.45) is 54.6. The SMILES string of the molecule is CCCCC/C=C\C/C=C\C/C=C\C/C=C\CCCC(CC(=O)NC(CO)C(O)CCCCCCCCCCCC)OC(=O)CCCCCCCCCCCCCC. The van der Waals surface area contributed by atoms with Crippen molar-refractivity contribution in [3.05, 3.63) is 48.6 Å². The van der Waals surface area contributed by atoms with Gasteiger partial charge in [0.05, 0.1) is 25.2 Å². The topological polar surface area (TPSA) is 95.9 Å². The molecule has 0 aromatic heterocycles. The average Bonchev–Trinajstić information content (AvgIpc) is 3.22. The fourth-order valence-corrected chi connectivity index (χ4v) is 7.36. The van der Waals surface area contributed by atoms with Crippen molar-refractivity contribution in [3.8, 4) is 0 Å². The van der Waals surface area contributed by atoms with E-state index in [1.807, 2.05) is 0 Å². The Hall–Kier alpha value is -2.18. The van der Waals surface area contributed by atoms with Gasteiger partial charge in [-0.3, -0.25) is 9.59 Å². The lowest BCUT2D eigenvalue weighted by Crippen LogP contribution is -2.46. The van der Waals surface area contributed by atoms with Crippen LogP contribution < -0.4 is 5.32 Å². The summed E-state index contributed by atoms with van der Waals surface area (Å²) >= 11 is 0. The first-order valence-electron chi connectivity index (χ1n) is 24.9. The third-order valence-electron chi connectivity index (χ3n) is 11.2. The molecule has 0 saturated carbocycles. The van der Waals surface area contributed by atoms with E-state index in [0.29, 0.717) is 19.3 Å². The molecule has 3 atom stereocenters. The number of hydrogen-bond acceptors (Lipinski definition) is 5. The van der Waals surface area contributed by atoms with Crippen LogP contribution in [0.1, 0.15) is 245 Å². The monoisotopic (exact) mass is 814 g/mol. The van der Waals surface area contributed by atoms with Crippen molar-refractivity contribution in [1.82, 2.24) is 5.32 Å². The van der Waals surface area contributed by atoms with Crippen molar-refractivity contribution in [2.24, 2.45) is 0 Å². The largest absolute Gasteiger partial charge is 0.462 e. The highest BCUT2D eigenvalue weighted by Gasteiger charge is 2.24. The van der Waals surface area contributed by atoms with Crippen molar-refractivity contribution in [3.63, 3.8) is 0 Å². The number of unbranched alkanes of at least 4 members (excludes halogenated alkanes) is 24. The second kappa shape index (κ2) is 45.9. The number of ether oxygens (including phenoxy) is 1. The van der Waals surface area contributed by atoms with Gasteiger partial charge >= 0.3 is 5.97 Å². The van der Waals surface area contributed by atoms with Gasteiger partial charge in [0.2, 0.25) is 5.91 Å². The van der Waals surface area contributed by atoms with Crippen LogP contribution in [0.2, 0.25) is 0 Å². The molecule has 6 nitrogen and oxygen atoms in total. The number of aliphatic hydroxyl groups is 2. The molecule has 0 fully saturated rings. The van der Waals surface area contributed by atoms with E-state index in [0.717, 1.165) is 70.6 Å². The Kier molecular flexibility index (Phi) is 44.2. The second-order valence-electron chi connectivity index (χ2n) is 16.9. The summed E-state index contributed by atoms with van der Waals surface area (Å²) in [5.74, 6) is -0.524. The van der Waals surface area contributed by atoms with E-state index >= 15 is 0 Å². The lowest BCUT2D eigenvalue weighted by atomic mass is 10.0. The molecule has 58 heavy (non-hydrogen) atoms. The number of allylic oxidation sites excluding steroid dienone is 8. The molecule has 0 aliphatic rings. The first-order valence-corrected chi connectivity index (χ1v) is 24.9. The number of carbonyl (C=O) groups is 2. The Morgan fingerprint density at radius 1 is 0.500 bits per heavy atom. The minimum Gasteiger partial charge on any atom is -0.462 e. The molecule has 0 aromatic rings. The van der Waals surface area contributed by atoms with E-state index in [1.54, 1.807) is 0 Å². The second-order valence-corrected chi connectivity index (χ2v) is 16.9. The fraction of sp³-hybridized carbons (Fsp3) is 0.808. The zero-order chi connectivity index (χ0) is 42.4. The minimum atomic E-state index is -0.799. The quantitative estimate of drug-likeness (QED) is 0.0323. The Bertz CT molecular complexity index is 1000. The van der Waals surface area contributed by atoms with Crippen LogP contribution in [0.15, 0.2) is 48.6 Å². The van der Waals surface area contributed by atoms with E-state index in [-0.39, 0.29) is 24.9 Å². The zero-order valence-electron chi connectivity index (χ0n) is 38.4. The van der Waals surface area contributed by atoms with Gasteiger partial charge < -0.3 is 20.3 Å². The van der Waals surface area contributed by atoms with Gasteiger partial charge in [-0.25, -0.2) is 0 Å². The van der Waals surface area contributed by atoms with Gasteiger partial charge in [0.25, 0.3) is 0 Å². The molecule has 1 amide bonds. The zero-order valence-corrected chi connectivity index (χ0v) is 38.4. The molecule has 0 aromatic carbocycles. The number of carbonyl (C=O) groups excluding carboxylic acids is 2. The summed E-state index contributed by atoms with van der Waals surface area (Å²) in [6.45, 7) is 6.42. The maximum atomic E-state index is 13.2. The van der Waals surface area contributed by atoms with Gasteiger partial charge in [-0.05, 0) is 64.2 Å². The molecular formula is C52H95NO5. The summed E-state index contributed by atoms with van der Waals surface area (Å²) in [6, 6.07) is -0.716. The molecule has 3 unspecified atom stereocenters. The van der Waals surface area contributed by atoms with E-state index in [2.05, 4.69) is 74.7 Å². The van der Waals surface area contributed by atoms with Crippen LogP contribution in [-0.2, 0) is 14.3 Å². The Morgan fingerprint density at radius 3 is 1.36 bits per heavy atom. The molecule has 0 bridgehead atoms. The highest BCUT2D eigenvalue weighted by Crippen LogP contribution is 2.17. The van der Waals surface area contributed by atoms with E-state index < -0.39 is 18.2 Å². The van der Waals surface area contributed by atoms with Crippen LogP contribution in [0.4, 0.5) is 0 Å². The average molecular weight is 814 g/mol. The number of hydrogen-bond donors (Lipinski definition) is 3. The highest BCUT2D eigenvalue weighted by molar-refractivity contribution is 5.77. The Balaban J connectivity index is 4.70. The number of esters is 1. The van der Waals surface area contributed by atoms with Crippen molar-refractivity contribution in [2.45, 2.75) is 264 Å². The fourth-order valence-electron chi connectivity index (χ4n) is 7.36. The van der Waals surface area contributed by atoms with Crippen molar-refractivity contribution >= 4 is 11.9 Å². The van der Waals surface area contributed by atoms with Gasteiger partial charge in [-0.1, -0.05) is 217 Å². The number of aliphatic hydroxyl groups excluding tert-OH is 2. The van der Waals surface area contributed by atoms with Gasteiger partial charge in [-0.2, -0.15) is 0 Å². The molecule has 0 radical (unpaired) electrons. The maximum Gasteiger partial charge on any atom is 0.306 e. The van der Waals surface area contributed by atoms with E-state index in [4.69, 9.17) is 4.74 Å². The van der Waals surface area contributed by atoms with Crippen molar-refractivity contribution in [2.75, 3.05) is 6.61 Å². The molecule has 0 aliphatic heterocycles. The molecule has 0 rings (SSSR count). The summed E-state index contributed by atoms with van der Waals surface area (Å²) in [5, 5.41) is 23.7. The summed E-state index contributed by atoms with van der Waals surface area (Å²) in [7, 11) is 0. The lowest BCUT2D eigenvalue weighted by Gasteiger charge is -2.24. The van der Waals surface area contributed by atoms with Crippen LogP contribution in [0.25, 0.3) is 0 Å². The first-order chi connectivity index (χ1) is 28.5. The molecule has 3 N–H and O–H groups in total. The van der Waals surface area contributed by atoms with Crippen LogP contribution >= 0.6 is 0 Å². The van der Waals surface area contributed by atoms with Crippen LogP contribution in [0.3, 0.4) is 0 Å². The third kappa shape index (κ3) is 40.6. The van der Waals surface area contributed by atoms with Gasteiger partial charge in [0.15, 0.2) is 0 Å². The summed E-state index contributed by atoms with van der Waals surface area (Å²) < 4.78 is 5.89. The molecule has 0 spiro atoms. The summed E-state index contributed by atoms with van der Waals surface area (Å²) in [5.41, 5.74) is 0. The first kappa shape index (κ1) is 55.8. The number of rotatable bonds is 44. The predicted molar refractivity (Wildman–Crippen MR) is 250 cm³/mol. The predicted octanol–water partition coefficient (Wildman–Crippen LogP) is 14.7. The maximum absolute atomic E-state index is 13.2. The van der Waals surface area contributed by atoms with Crippen molar-refractivity contribution in [1.29, 1.82) is 0 Å². The van der Waals surface area contributed by atoms with Gasteiger partial charge in [0.1, 0.15) is 6.10 Å². The summed E-state index contributed by atoms with van der Waals surface area (Å²) in [4.78, 5) is 26.0. The molecule has 0 heterocycles. The van der Waals surface area contributed by atoms with Gasteiger partial charge in [0, 0.05) is 6.42 Å². The van der Waals surface area contributed by atoms with Gasteiger partial charge in [-0.15, -0.1) is 0 Å². The normalized spacial score (nSPS) is 13.7. The number of amides is 1. The van der Waals surface area contributed by atoms with E-state index in [9.17, 15) is 19.8 Å². The molecule has 0 aliphatic carbocycles.